The molecular weight excluding hydrogens is 364 g/mol. The summed E-state index contributed by atoms with van der Waals surface area (Å²) < 4.78 is 38.7. The number of sulfonamides is 1. The van der Waals surface area contributed by atoms with Gasteiger partial charge in [0.25, 0.3) is 0 Å². The van der Waals surface area contributed by atoms with E-state index in [-0.39, 0.29) is 11.8 Å². The van der Waals surface area contributed by atoms with Gasteiger partial charge in [0.1, 0.15) is 5.75 Å². The Morgan fingerprint density at radius 1 is 1.11 bits per heavy atom. The molecule has 2 aromatic carbocycles. The van der Waals surface area contributed by atoms with Gasteiger partial charge in [0, 0.05) is 25.7 Å². The van der Waals surface area contributed by atoms with Gasteiger partial charge in [-0.2, -0.15) is 0 Å². The molecule has 1 aliphatic rings. The van der Waals surface area contributed by atoms with Crippen LogP contribution in [0.15, 0.2) is 54.6 Å². The van der Waals surface area contributed by atoms with Gasteiger partial charge in [0.15, 0.2) is 0 Å². The number of morpholine rings is 1. The van der Waals surface area contributed by atoms with Gasteiger partial charge >= 0.3 is 0 Å². The van der Waals surface area contributed by atoms with Crippen molar-refractivity contribution < 1.29 is 17.9 Å². The van der Waals surface area contributed by atoms with Crippen molar-refractivity contribution in [2.45, 2.75) is 11.8 Å². The second-order valence-corrected chi connectivity index (χ2v) is 8.34. The standard InChI is InChI=1S/C20H26N2O4S/c1-25-19-9-5-8-18(14-19)20(22-10-12-26-13-11-22)15-21-27(23,24)16-17-6-3-2-4-7-17/h2-9,14,20-21H,10-13,15-16H2,1H3. The van der Waals surface area contributed by atoms with Crippen LogP contribution in [0.25, 0.3) is 0 Å². The zero-order valence-electron chi connectivity index (χ0n) is 15.5. The largest absolute Gasteiger partial charge is 0.497 e. The number of benzene rings is 2. The van der Waals surface area contributed by atoms with Crippen molar-refractivity contribution in [1.82, 2.24) is 9.62 Å². The quantitative estimate of drug-likeness (QED) is 0.748. The van der Waals surface area contributed by atoms with E-state index in [1.807, 2.05) is 54.6 Å². The summed E-state index contributed by atoms with van der Waals surface area (Å²) in [5.41, 5.74) is 1.80. The highest BCUT2D eigenvalue weighted by atomic mass is 32.2. The number of hydrogen-bond acceptors (Lipinski definition) is 5. The van der Waals surface area contributed by atoms with Crippen molar-refractivity contribution in [3.63, 3.8) is 0 Å². The molecule has 0 spiro atoms. The van der Waals surface area contributed by atoms with Gasteiger partial charge in [-0.1, -0.05) is 42.5 Å². The zero-order valence-corrected chi connectivity index (χ0v) is 16.3. The minimum Gasteiger partial charge on any atom is -0.497 e. The molecule has 2 aromatic rings. The maximum absolute atomic E-state index is 12.6. The Balaban J connectivity index is 1.74. The molecule has 7 heteroatoms. The topological polar surface area (TPSA) is 67.9 Å². The fraction of sp³-hybridized carbons (Fsp3) is 0.400. The van der Waals surface area contributed by atoms with Gasteiger partial charge in [-0.25, -0.2) is 13.1 Å². The smallest absolute Gasteiger partial charge is 0.215 e. The number of nitrogens with one attached hydrogen (secondary N) is 1. The van der Waals surface area contributed by atoms with E-state index >= 15 is 0 Å². The first kappa shape index (κ1) is 19.8. The van der Waals surface area contributed by atoms with E-state index in [1.165, 1.54) is 0 Å². The fourth-order valence-electron chi connectivity index (χ4n) is 3.25. The Morgan fingerprint density at radius 3 is 2.56 bits per heavy atom. The average molecular weight is 391 g/mol. The van der Waals surface area contributed by atoms with Gasteiger partial charge in [0.05, 0.1) is 26.1 Å². The molecule has 0 amide bonds. The summed E-state index contributed by atoms with van der Waals surface area (Å²) in [5, 5.41) is 0. The third-order valence-electron chi connectivity index (χ3n) is 4.66. The summed E-state index contributed by atoms with van der Waals surface area (Å²) in [7, 11) is -1.80. The summed E-state index contributed by atoms with van der Waals surface area (Å²) in [6.07, 6.45) is 0. The van der Waals surface area contributed by atoms with E-state index in [1.54, 1.807) is 7.11 Å². The van der Waals surface area contributed by atoms with Crippen LogP contribution >= 0.6 is 0 Å². The van der Waals surface area contributed by atoms with Crippen molar-refractivity contribution in [2.24, 2.45) is 0 Å². The molecule has 6 nitrogen and oxygen atoms in total. The number of methoxy groups -OCH3 is 1. The van der Waals surface area contributed by atoms with Crippen LogP contribution in [0.1, 0.15) is 17.2 Å². The first-order valence-corrected chi connectivity index (χ1v) is 10.7. The van der Waals surface area contributed by atoms with Crippen molar-refractivity contribution in [1.29, 1.82) is 0 Å². The second-order valence-electron chi connectivity index (χ2n) is 6.53. The first-order valence-electron chi connectivity index (χ1n) is 9.04. The summed E-state index contributed by atoms with van der Waals surface area (Å²) in [6.45, 7) is 3.14. The molecule has 0 aromatic heterocycles. The van der Waals surface area contributed by atoms with Gasteiger partial charge in [-0.15, -0.1) is 0 Å². The predicted molar refractivity (Wildman–Crippen MR) is 105 cm³/mol. The van der Waals surface area contributed by atoms with Gasteiger partial charge in [-0.3, -0.25) is 4.90 Å². The Labute approximate surface area is 161 Å². The van der Waals surface area contributed by atoms with Crippen LogP contribution in [0.5, 0.6) is 5.75 Å². The summed E-state index contributed by atoms with van der Waals surface area (Å²) in [5.74, 6) is 0.736. The number of hydrogen-bond donors (Lipinski definition) is 1. The molecule has 0 radical (unpaired) electrons. The van der Waals surface area contributed by atoms with Gasteiger partial charge < -0.3 is 9.47 Å². The molecule has 1 atom stereocenters. The highest BCUT2D eigenvalue weighted by Gasteiger charge is 2.25. The van der Waals surface area contributed by atoms with Crippen molar-refractivity contribution in [2.75, 3.05) is 40.0 Å². The van der Waals surface area contributed by atoms with Gasteiger partial charge in [-0.05, 0) is 23.3 Å². The van der Waals surface area contributed by atoms with Crippen LogP contribution in [0, 0.1) is 0 Å². The Morgan fingerprint density at radius 2 is 1.85 bits per heavy atom. The Kier molecular flexibility index (Phi) is 6.84. The van der Waals surface area contributed by atoms with Crippen LogP contribution in [0.4, 0.5) is 0 Å². The van der Waals surface area contributed by atoms with Crippen LogP contribution in [0.3, 0.4) is 0 Å². The molecule has 0 aliphatic carbocycles. The Hall–Kier alpha value is -1.93. The minimum absolute atomic E-state index is 0.0260. The fourth-order valence-corrected chi connectivity index (χ4v) is 4.39. The number of nitrogens with zero attached hydrogens (tertiary/aromatic N) is 1. The van der Waals surface area contributed by atoms with Crippen molar-refractivity contribution in [3.8, 4) is 5.75 Å². The molecule has 0 saturated carbocycles. The molecule has 1 saturated heterocycles. The summed E-state index contributed by atoms with van der Waals surface area (Å²) >= 11 is 0. The maximum atomic E-state index is 12.6. The third kappa shape index (κ3) is 5.77. The maximum Gasteiger partial charge on any atom is 0.215 e. The molecular formula is C20H26N2O4S. The number of rotatable bonds is 8. The lowest BCUT2D eigenvalue weighted by molar-refractivity contribution is 0.0171. The van der Waals surface area contributed by atoms with Crippen molar-refractivity contribution >= 4 is 10.0 Å². The molecule has 1 N–H and O–H groups in total. The minimum atomic E-state index is -3.43. The molecule has 0 bridgehead atoms. The van der Waals surface area contributed by atoms with Crippen LogP contribution < -0.4 is 9.46 Å². The molecule has 1 aliphatic heterocycles. The SMILES string of the molecule is COc1cccc(C(CNS(=O)(=O)Cc2ccccc2)N2CCOCC2)c1. The third-order valence-corrected chi connectivity index (χ3v) is 5.98. The average Bonchev–Trinajstić information content (AvgIpc) is 2.69. The lowest BCUT2D eigenvalue weighted by Gasteiger charge is -2.35. The zero-order chi connectivity index (χ0) is 19.1. The normalized spacial score (nSPS) is 16.8. The van der Waals surface area contributed by atoms with Crippen LogP contribution in [0.2, 0.25) is 0 Å². The molecule has 3 rings (SSSR count). The van der Waals surface area contributed by atoms with Crippen LogP contribution in [-0.4, -0.2) is 53.3 Å². The highest BCUT2D eigenvalue weighted by Crippen LogP contribution is 2.25. The predicted octanol–water partition coefficient (Wildman–Crippen LogP) is 2.19. The molecule has 146 valence electrons. The lowest BCUT2D eigenvalue weighted by atomic mass is 10.0. The summed E-state index contributed by atoms with van der Waals surface area (Å²) in [4.78, 5) is 2.25. The molecule has 27 heavy (non-hydrogen) atoms. The van der Waals surface area contributed by atoms with E-state index in [4.69, 9.17) is 9.47 Å². The van der Waals surface area contributed by atoms with E-state index < -0.39 is 10.0 Å². The van der Waals surface area contributed by atoms with E-state index in [2.05, 4.69) is 9.62 Å². The molecule has 1 unspecified atom stereocenters. The lowest BCUT2D eigenvalue weighted by Crippen LogP contribution is -2.44. The Bertz CT molecular complexity index is 821. The number of ether oxygens (including phenoxy) is 2. The van der Waals surface area contributed by atoms with E-state index in [9.17, 15) is 8.42 Å². The van der Waals surface area contributed by atoms with Crippen LogP contribution in [-0.2, 0) is 20.5 Å². The van der Waals surface area contributed by atoms with E-state index in [0.29, 0.717) is 19.8 Å². The summed E-state index contributed by atoms with van der Waals surface area (Å²) in [6, 6.07) is 16.9. The molecule has 1 fully saturated rings. The van der Waals surface area contributed by atoms with E-state index in [0.717, 1.165) is 30.0 Å². The monoisotopic (exact) mass is 390 g/mol. The first-order chi connectivity index (χ1) is 13.1. The van der Waals surface area contributed by atoms with Gasteiger partial charge in [0.2, 0.25) is 10.0 Å². The highest BCUT2D eigenvalue weighted by molar-refractivity contribution is 7.88. The molecule has 1 heterocycles. The second kappa shape index (κ2) is 9.32. The van der Waals surface area contributed by atoms with Crippen molar-refractivity contribution in [3.05, 3.63) is 65.7 Å².